The lowest BCUT2D eigenvalue weighted by Gasteiger charge is -2.18. The second kappa shape index (κ2) is 3.63. The summed E-state index contributed by atoms with van der Waals surface area (Å²) in [7, 11) is 0. The van der Waals surface area contributed by atoms with E-state index in [2.05, 4.69) is 5.43 Å². The van der Waals surface area contributed by atoms with Crippen molar-refractivity contribution < 1.29 is 9.59 Å². The van der Waals surface area contributed by atoms with E-state index in [-0.39, 0.29) is 5.91 Å². The lowest BCUT2D eigenvalue weighted by atomic mass is 9.93. The van der Waals surface area contributed by atoms with Crippen LogP contribution in [-0.4, -0.2) is 18.7 Å². The van der Waals surface area contributed by atoms with Crippen LogP contribution in [0, 0.1) is 12.3 Å². The fourth-order valence-electron chi connectivity index (χ4n) is 1.66. The Bertz CT molecular complexity index is 427. The normalized spacial score (nSPS) is 24.4. The molecule has 1 aromatic rings. The number of nitrogens with zero attached hydrogens (tertiary/aromatic N) is 1. The molecule has 4 heteroatoms. The molecular formula is C12H14N2O2. The molecule has 16 heavy (non-hydrogen) atoms. The average Bonchev–Trinajstić information content (AvgIpc) is 2.57. The zero-order chi connectivity index (χ0) is 11.8. The van der Waals surface area contributed by atoms with Gasteiger partial charge in [0.25, 0.3) is 5.91 Å². The van der Waals surface area contributed by atoms with Gasteiger partial charge in [0.05, 0.1) is 12.2 Å². The van der Waals surface area contributed by atoms with Crippen molar-refractivity contribution in [3.8, 4) is 0 Å². The number of carbonyl (C=O) groups is 2. The van der Waals surface area contributed by atoms with Gasteiger partial charge < -0.3 is 4.79 Å². The first kappa shape index (κ1) is 10.7. The second-order valence-electron chi connectivity index (χ2n) is 4.40. The smallest absolute Gasteiger partial charge is 0.253 e. The van der Waals surface area contributed by atoms with Gasteiger partial charge in [-0.05, 0) is 26.0 Å². The zero-order valence-electron chi connectivity index (χ0n) is 9.36. The Kier molecular flexibility index (Phi) is 2.42. The number of aryl methyl sites for hydroxylation is 1. The summed E-state index contributed by atoms with van der Waals surface area (Å²) in [6.07, 6.45) is 0.705. The number of carbonyl (C=O) groups excluding carboxylic acids is 2. The SMILES string of the molecule is Cc1ccc(N2CC(C)(C=O)C(=O)N2)cc1. The minimum Gasteiger partial charge on any atom is -0.302 e. The summed E-state index contributed by atoms with van der Waals surface area (Å²) >= 11 is 0. The highest BCUT2D eigenvalue weighted by Crippen LogP contribution is 2.25. The number of hydrazine groups is 1. The van der Waals surface area contributed by atoms with E-state index < -0.39 is 5.41 Å². The average molecular weight is 218 g/mol. The van der Waals surface area contributed by atoms with Gasteiger partial charge in [-0.2, -0.15) is 0 Å². The molecule has 1 unspecified atom stereocenters. The number of hydrogen-bond donors (Lipinski definition) is 1. The summed E-state index contributed by atoms with van der Waals surface area (Å²) < 4.78 is 0. The molecule has 0 bridgehead atoms. The third kappa shape index (κ3) is 1.66. The molecule has 1 amide bonds. The van der Waals surface area contributed by atoms with Gasteiger partial charge in [-0.15, -0.1) is 0 Å². The number of amides is 1. The number of rotatable bonds is 2. The van der Waals surface area contributed by atoms with Crippen molar-refractivity contribution in [3.05, 3.63) is 29.8 Å². The van der Waals surface area contributed by atoms with Crippen LogP contribution in [0.5, 0.6) is 0 Å². The molecule has 0 spiro atoms. The highest BCUT2D eigenvalue weighted by Gasteiger charge is 2.42. The number of nitrogens with one attached hydrogen (secondary N) is 1. The van der Waals surface area contributed by atoms with Crippen LogP contribution in [0.3, 0.4) is 0 Å². The summed E-state index contributed by atoms with van der Waals surface area (Å²) in [5, 5.41) is 1.70. The molecule has 1 heterocycles. The van der Waals surface area contributed by atoms with Crippen LogP contribution in [0.15, 0.2) is 24.3 Å². The molecule has 0 saturated carbocycles. The van der Waals surface area contributed by atoms with Crippen LogP contribution in [0.1, 0.15) is 12.5 Å². The lowest BCUT2D eigenvalue weighted by molar-refractivity contribution is -0.131. The first-order valence-corrected chi connectivity index (χ1v) is 5.17. The monoisotopic (exact) mass is 218 g/mol. The Balaban J connectivity index is 2.23. The molecule has 1 aliphatic heterocycles. The Morgan fingerprint density at radius 1 is 1.38 bits per heavy atom. The van der Waals surface area contributed by atoms with E-state index >= 15 is 0 Å². The summed E-state index contributed by atoms with van der Waals surface area (Å²) in [4.78, 5) is 22.5. The second-order valence-corrected chi connectivity index (χ2v) is 4.40. The molecular weight excluding hydrogens is 204 g/mol. The van der Waals surface area contributed by atoms with E-state index in [1.165, 1.54) is 0 Å². The van der Waals surface area contributed by atoms with Crippen LogP contribution in [-0.2, 0) is 9.59 Å². The third-order valence-electron chi connectivity index (χ3n) is 2.85. The molecule has 0 aliphatic carbocycles. The van der Waals surface area contributed by atoms with Crippen molar-refractivity contribution in [1.82, 2.24) is 5.43 Å². The molecule has 2 rings (SSSR count). The molecule has 0 radical (unpaired) electrons. The largest absolute Gasteiger partial charge is 0.302 e. The van der Waals surface area contributed by atoms with Crippen molar-refractivity contribution >= 4 is 17.9 Å². The molecule has 1 atom stereocenters. The third-order valence-corrected chi connectivity index (χ3v) is 2.85. The van der Waals surface area contributed by atoms with Crippen LogP contribution in [0.4, 0.5) is 5.69 Å². The topological polar surface area (TPSA) is 49.4 Å². The number of aldehydes is 1. The van der Waals surface area contributed by atoms with Gasteiger partial charge >= 0.3 is 0 Å². The highest BCUT2D eigenvalue weighted by molar-refractivity contribution is 6.00. The highest BCUT2D eigenvalue weighted by atomic mass is 16.2. The molecule has 1 N–H and O–H groups in total. The lowest BCUT2D eigenvalue weighted by Crippen LogP contribution is -2.33. The van der Waals surface area contributed by atoms with Gasteiger partial charge in [-0.1, -0.05) is 17.7 Å². The molecule has 84 valence electrons. The maximum absolute atomic E-state index is 11.6. The van der Waals surface area contributed by atoms with Crippen molar-refractivity contribution in [2.45, 2.75) is 13.8 Å². The van der Waals surface area contributed by atoms with Crippen molar-refractivity contribution in [3.63, 3.8) is 0 Å². The van der Waals surface area contributed by atoms with Gasteiger partial charge in [0.15, 0.2) is 0 Å². The van der Waals surface area contributed by atoms with Crippen LogP contribution in [0.2, 0.25) is 0 Å². The maximum Gasteiger partial charge on any atom is 0.253 e. The fraction of sp³-hybridized carbons (Fsp3) is 0.333. The standard InChI is InChI=1S/C12H14N2O2/c1-9-3-5-10(6-4-9)14-7-12(2,8-15)11(16)13-14/h3-6,8H,7H2,1-2H3,(H,13,16). The van der Waals surface area contributed by atoms with Gasteiger partial charge in [0.2, 0.25) is 0 Å². The van der Waals surface area contributed by atoms with Crippen molar-refractivity contribution in [2.75, 3.05) is 11.6 Å². The molecule has 1 fully saturated rings. The molecule has 1 aromatic carbocycles. The maximum atomic E-state index is 11.6. The van der Waals surface area contributed by atoms with E-state index in [4.69, 9.17) is 0 Å². The van der Waals surface area contributed by atoms with Crippen LogP contribution < -0.4 is 10.4 Å². The Labute approximate surface area is 94.2 Å². The number of benzene rings is 1. The van der Waals surface area contributed by atoms with E-state index in [9.17, 15) is 9.59 Å². The Morgan fingerprint density at radius 2 is 2.00 bits per heavy atom. The van der Waals surface area contributed by atoms with Crippen molar-refractivity contribution in [2.24, 2.45) is 5.41 Å². The first-order valence-electron chi connectivity index (χ1n) is 5.17. The summed E-state index contributed by atoms with van der Waals surface area (Å²) in [5.41, 5.74) is 3.81. The summed E-state index contributed by atoms with van der Waals surface area (Å²) in [5.74, 6) is -0.247. The predicted molar refractivity (Wildman–Crippen MR) is 60.8 cm³/mol. The summed E-state index contributed by atoms with van der Waals surface area (Å²) in [6, 6.07) is 7.79. The number of anilines is 1. The predicted octanol–water partition coefficient (Wildman–Crippen LogP) is 1.05. The minimum absolute atomic E-state index is 0.247. The Morgan fingerprint density at radius 3 is 2.50 bits per heavy atom. The molecule has 1 aliphatic rings. The van der Waals surface area contributed by atoms with E-state index in [1.807, 2.05) is 31.2 Å². The minimum atomic E-state index is -0.940. The van der Waals surface area contributed by atoms with E-state index in [1.54, 1.807) is 11.9 Å². The molecule has 1 saturated heterocycles. The quantitative estimate of drug-likeness (QED) is 0.596. The summed E-state index contributed by atoms with van der Waals surface area (Å²) in [6.45, 7) is 4.02. The van der Waals surface area contributed by atoms with E-state index in [0.29, 0.717) is 12.8 Å². The van der Waals surface area contributed by atoms with E-state index in [0.717, 1.165) is 11.3 Å². The van der Waals surface area contributed by atoms with Crippen LogP contribution in [0.25, 0.3) is 0 Å². The van der Waals surface area contributed by atoms with Gasteiger partial charge in [0.1, 0.15) is 11.7 Å². The Hall–Kier alpha value is -1.84. The first-order chi connectivity index (χ1) is 7.55. The van der Waals surface area contributed by atoms with Gasteiger partial charge in [0, 0.05) is 0 Å². The van der Waals surface area contributed by atoms with Crippen molar-refractivity contribution in [1.29, 1.82) is 0 Å². The molecule has 4 nitrogen and oxygen atoms in total. The van der Waals surface area contributed by atoms with Crippen LogP contribution >= 0.6 is 0 Å². The fourth-order valence-corrected chi connectivity index (χ4v) is 1.66. The van der Waals surface area contributed by atoms with Gasteiger partial charge in [-0.25, -0.2) is 0 Å². The molecule has 0 aromatic heterocycles. The van der Waals surface area contributed by atoms with Gasteiger partial charge in [-0.3, -0.25) is 15.2 Å². The number of hydrogen-bond acceptors (Lipinski definition) is 3. The zero-order valence-corrected chi connectivity index (χ0v) is 9.36.